The predicted octanol–water partition coefficient (Wildman–Crippen LogP) is 0.813. The molecule has 104 valence electrons. The zero-order valence-corrected chi connectivity index (χ0v) is 12.1. The number of hydrogen-bond donors (Lipinski definition) is 0. The molecule has 0 N–H and O–H groups in total. The van der Waals surface area contributed by atoms with Gasteiger partial charge in [-0.05, 0) is 36.6 Å². The quantitative estimate of drug-likeness (QED) is 0.592. The molecule has 0 unspecified atom stereocenters. The van der Waals surface area contributed by atoms with E-state index in [1.54, 1.807) is 30.6 Å². The fourth-order valence-electron chi connectivity index (χ4n) is 1.69. The Labute approximate surface area is 125 Å². The van der Waals surface area contributed by atoms with Crippen LogP contribution in [0.25, 0.3) is 6.08 Å². The highest BCUT2D eigenvalue weighted by molar-refractivity contribution is 8.26. The first-order valence-electron chi connectivity index (χ1n) is 5.93. The molecule has 2 heterocycles. The fourth-order valence-corrected chi connectivity index (χ4v) is 2.99. The molecular formula is C13H11N2O3S2-. The third kappa shape index (κ3) is 3.64. The van der Waals surface area contributed by atoms with Gasteiger partial charge in [-0.3, -0.25) is 14.7 Å². The van der Waals surface area contributed by atoms with Gasteiger partial charge >= 0.3 is 0 Å². The molecular weight excluding hydrogens is 296 g/mol. The molecule has 1 aromatic rings. The number of aliphatic carboxylic acids is 1. The predicted molar refractivity (Wildman–Crippen MR) is 78.4 cm³/mol. The lowest BCUT2D eigenvalue weighted by Gasteiger charge is -2.14. The van der Waals surface area contributed by atoms with Gasteiger partial charge in [-0.15, -0.1) is 0 Å². The molecule has 1 aliphatic heterocycles. The van der Waals surface area contributed by atoms with Crippen molar-refractivity contribution in [1.82, 2.24) is 9.88 Å². The molecule has 0 atom stereocenters. The van der Waals surface area contributed by atoms with Crippen LogP contribution in [0.4, 0.5) is 0 Å². The van der Waals surface area contributed by atoms with Crippen LogP contribution >= 0.6 is 24.0 Å². The summed E-state index contributed by atoms with van der Waals surface area (Å²) in [5, 5.41) is 10.4. The summed E-state index contributed by atoms with van der Waals surface area (Å²) in [6.45, 7) is 0.298. The maximum Gasteiger partial charge on any atom is 0.266 e. The number of carbonyl (C=O) groups is 2. The van der Waals surface area contributed by atoms with Gasteiger partial charge in [-0.2, -0.15) is 0 Å². The highest BCUT2D eigenvalue weighted by Crippen LogP contribution is 2.32. The lowest BCUT2D eigenvalue weighted by Crippen LogP contribution is -2.30. The highest BCUT2D eigenvalue weighted by atomic mass is 32.2. The molecule has 0 aliphatic carbocycles. The van der Waals surface area contributed by atoms with E-state index in [9.17, 15) is 14.7 Å². The van der Waals surface area contributed by atoms with Crippen molar-refractivity contribution in [1.29, 1.82) is 0 Å². The van der Waals surface area contributed by atoms with Crippen LogP contribution in [-0.2, 0) is 9.59 Å². The van der Waals surface area contributed by atoms with E-state index in [2.05, 4.69) is 4.98 Å². The van der Waals surface area contributed by atoms with Gasteiger partial charge in [-0.1, -0.05) is 24.0 Å². The fraction of sp³-hybridized carbons (Fsp3) is 0.231. The summed E-state index contributed by atoms with van der Waals surface area (Å²) in [5.41, 5.74) is 0.871. The third-order valence-electron chi connectivity index (χ3n) is 2.64. The Bertz CT molecular complexity index is 572. The molecule has 0 saturated carbocycles. The molecule has 1 aliphatic rings. The smallest absolute Gasteiger partial charge is 0.266 e. The van der Waals surface area contributed by atoms with E-state index in [0.717, 1.165) is 5.56 Å². The molecule has 0 spiro atoms. The summed E-state index contributed by atoms with van der Waals surface area (Å²) >= 11 is 6.36. The minimum atomic E-state index is -1.12. The maximum atomic E-state index is 12.2. The average molecular weight is 307 g/mol. The van der Waals surface area contributed by atoms with E-state index in [1.165, 1.54) is 16.7 Å². The average Bonchev–Trinajstić information content (AvgIpc) is 2.67. The molecule has 2 rings (SSSR count). The van der Waals surface area contributed by atoms with Crippen LogP contribution in [0, 0.1) is 0 Å². The van der Waals surface area contributed by atoms with Crippen molar-refractivity contribution in [3.05, 3.63) is 35.0 Å². The van der Waals surface area contributed by atoms with Gasteiger partial charge in [0.15, 0.2) is 0 Å². The SMILES string of the molecule is O=C([O-])CCCN1C(=O)/C(=C\c2ccncc2)SC1=S. The van der Waals surface area contributed by atoms with Crippen LogP contribution in [0.15, 0.2) is 29.4 Å². The highest BCUT2D eigenvalue weighted by Gasteiger charge is 2.31. The van der Waals surface area contributed by atoms with Crippen molar-refractivity contribution in [2.75, 3.05) is 6.54 Å². The minimum absolute atomic E-state index is 0.0829. The number of carboxylic acid groups (broad SMARTS) is 1. The summed E-state index contributed by atoms with van der Waals surface area (Å²) in [7, 11) is 0. The molecule has 0 radical (unpaired) electrons. The van der Waals surface area contributed by atoms with Crippen LogP contribution in [0.2, 0.25) is 0 Å². The van der Waals surface area contributed by atoms with Crippen LogP contribution in [0.5, 0.6) is 0 Å². The van der Waals surface area contributed by atoms with Gasteiger partial charge in [-0.25, -0.2) is 0 Å². The number of hydrogen-bond acceptors (Lipinski definition) is 6. The minimum Gasteiger partial charge on any atom is -0.550 e. The van der Waals surface area contributed by atoms with Crippen LogP contribution in [0.1, 0.15) is 18.4 Å². The van der Waals surface area contributed by atoms with Gasteiger partial charge in [0.05, 0.1) is 4.91 Å². The largest absolute Gasteiger partial charge is 0.550 e. The first kappa shape index (κ1) is 14.7. The second-order valence-corrected chi connectivity index (χ2v) is 5.77. The van der Waals surface area contributed by atoms with Crippen LogP contribution in [0.3, 0.4) is 0 Å². The van der Waals surface area contributed by atoms with Gasteiger partial charge in [0.1, 0.15) is 4.32 Å². The van der Waals surface area contributed by atoms with Crippen molar-refractivity contribution < 1.29 is 14.7 Å². The van der Waals surface area contributed by atoms with Crippen molar-refractivity contribution in [3.63, 3.8) is 0 Å². The second-order valence-electron chi connectivity index (χ2n) is 4.09. The number of thioether (sulfide) groups is 1. The zero-order chi connectivity index (χ0) is 14.5. The Kier molecular flexibility index (Phi) is 4.86. The van der Waals surface area contributed by atoms with E-state index < -0.39 is 5.97 Å². The Morgan fingerprint density at radius 1 is 1.45 bits per heavy atom. The Morgan fingerprint density at radius 3 is 2.80 bits per heavy atom. The molecule has 5 nitrogen and oxygen atoms in total. The van der Waals surface area contributed by atoms with E-state index >= 15 is 0 Å². The number of carbonyl (C=O) groups excluding carboxylic acids is 2. The lowest BCUT2D eigenvalue weighted by molar-refractivity contribution is -0.305. The molecule has 0 bridgehead atoms. The van der Waals surface area contributed by atoms with Gasteiger partial charge in [0.25, 0.3) is 5.91 Å². The van der Waals surface area contributed by atoms with Crippen molar-refractivity contribution in [2.45, 2.75) is 12.8 Å². The number of aromatic nitrogens is 1. The van der Waals surface area contributed by atoms with E-state index in [1.807, 2.05) is 0 Å². The maximum absolute atomic E-state index is 12.2. The summed E-state index contributed by atoms with van der Waals surface area (Å²) < 4.78 is 0.452. The van der Waals surface area contributed by atoms with Gasteiger partial charge in [0.2, 0.25) is 0 Å². The molecule has 20 heavy (non-hydrogen) atoms. The Balaban J connectivity index is 2.05. The lowest BCUT2D eigenvalue weighted by atomic mass is 10.2. The Morgan fingerprint density at radius 2 is 2.15 bits per heavy atom. The number of rotatable bonds is 5. The summed E-state index contributed by atoms with van der Waals surface area (Å²) in [5.74, 6) is -1.31. The van der Waals surface area contributed by atoms with Crippen LogP contribution in [-0.4, -0.2) is 32.6 Å². The second kappa shape index (κ2) is 6.62. The number of nitrogens with zero attached hydrogens (tertiary/aromatic N) is 2. The molecule has 1 saturated heterocycles. The van der Waals surface area contributed by atoms with Gasteiger partial charge < -0.3 is 9.90 Å². The molecule has 0 aromatic carbocycles. The van der Waals surface area contributed by atoms with Crippen molar-refractivity contribution >= 4 is 46.3 Å². The first-order chi connectivity index (χ1) is 9.58. The van der Waals surface area contributed by atoms with Crippen LogP contribution < -0.4 is 5.11 Å². The van der Waals surface area contributed by atoms with Crippen molar-refractivity contribution in [3.8, 4) is 0 Å². The zero-order valence-electron chi connectivity index (χ0n) is 10.4. The number of thiocarbonyl (C=S) groups is 1. The molecule has 1 fully saturated rings. The number of pyridine rings is 1. The molecule has 1 amide bonds. The van der Waals surface area contributed by atoms with E-state index in [-0.39, 0.29) is 12.3 Å². The van der Waals surface area contributed by atoms with E-state index in [4.69, 9.17) is 12.2 Å². The molecule has 1 aromatic heterocycles. The number of carboxylic acids is 1. The topological polar surface area (TPSA) is 73.3 Å². The Hall–Kier alpha value is -1.73. The standard InChI is InChI=1S/C13H12N2O3S2/c16-11(17)2-1-7-15-12(18)10(20-13(15)19)8-9-3-5-14-6-4-9/h3-6,8H,1-2,7H2,(H,16,17)/p-1/b10-8+. The normalized spacial score (nSPS) is 17.0. The monoisotopic (exact) mass is 307 g/mol. The summed E-state index contributed by atoms with van der Waals surface area (Å²) in [6.07, 6.45) is 5.29. The summed E-state index contributed by atoms with van der Waals surface area (Å²) in [4.78, 5) is 28.4. The van der Waals surface area contributed by atoms with E-state index in [0.29, 0.717) is 22.2 Å². The molecule has 7 heteroatoms. The number of amides is 1. The first-order valence-corrected chi connectivity index (χ1v) is 7.15. The van der Waals surface area contributed by atoms with Crippen molar-refractivity contribution in [2.24, 2.45) is 0 Å². The third-order valence-corrected chi connectivity index (χ3v) is 4.02. The summed E-state index contributed by atoms with van der Waals surface area (Å²) in [6, 6.07) is 3.59. The van der Waals surface area contributed by atoms with Gasteiger partial charge in [0, 0.05) is 24.9 Å².